The van der Waals surface area contributed by atoms with Crippen LogP contribution in [-0.2, 0) is 27.8 Å². The van der Waals surface area contributed by atoms with Gasteiger partial charge in [-0.05, 0) is 47.5 Å². The minimum Gasteiger partial charge on any atom is -0.493 e. The molecular formula is C24H25FN2O5S. The second-order valence-corrected chi connectivity index (χ2v) is 9.62. The first-order valence-electron chi connectivity index (χ1n) is 10.5. The number of halogens is 1. The number of sulfonamides is 1. The monoisotopic (exact) mass is 472 g/mol. The minimum atomic E-state index is -3.99. The molecule has 0 radical (unpaired) electrons. The van der Waals surface area contributed by atoms with E-state index >= 15 is 0 Å². The van der Waals surface area contributed by atoms with Gasteiger partial charge in [0.05, 0.1) is 25.2 Å². The topological polar surface area (TPSA) is 78.0 Å². The fourth-order valence-corrected chi connectivity index (χ4v) is 5.04. The van der Waals surface area contributed by atoms with Gasteiger partial charge in [0.15, 0.2) is 11.5 Å². The van der Waals surface area contributed by atoms with Crippen molar-refractivity contribution in [3.63, 3.8) is 0 Å². The standard InChI is InChI=1S/C24H25FN2O5S/c1-30-24-12-18(7-8-23(24)32-21-9-11-31-17-21)15-27(16-19-4-3-10-26-14-19)33(28,29)22-6-2-5-20(25)13-22/h2-8,10,12-14,21H,9,11,15-17H2,1H3/t21-/m1/s1. The van der Waals surface area contributed by atoms with Gasteiger partial charge in [0.2, 0.25) is 10.0 Å². The van der Waals surface area contributed by atoms with Crippen LogP contribution in [0.2, 0.25) is 0 Å². The maximum Gasteiger partial charge on any atom is 0.243 e. The summed E-state index contributed by atoms with van der Waals surface area (Å²) in [6.07, 6.45) is 3.99. The zero-order valence-electron chi connectivity index (χ0n) is 18.2. The molecule has 33 heavy (non-hydrogen) atoms. The van der Waals surface area contributed by atoms with E-state index < -0.39 is 15.8 Å². The number of ether oxygens (including phenoxy) is 3. The van der Waals surface area contributed by atoms with Crippen molar-refractivity contribution < 1.29 is 27.0 Å². The summed E-state index contributed by atoms with van der Waals surface area (Å²) in [6.45, 7) is 1.31. The maximum absolute atomic E-state index is 13.8. The first-order valence-corrected chi connectivity index (χ1v) is 12.0. The van der Waals surface area contributed by atoms with Crippen LogP contribution in [-0.4, -0.2) is 44.1 Å². The fourth-order valence-electron chi connectivity index (χ4n) is 3.59. The molecule has 1 aliphatic rings. The van der Waals surface area contributed by atoms with Crippen LogP contribution in [0.15, 0.2) is 71.9 Å². The van der Waals surface area contributed by atoms with E-state index in [-0.39, 0.29) is 24.1 Å². The second kappa shape index (κ2) is 10.3. The van der Waals surface area contributed by atoms with Crippen LogP contribution in [0.4, 0.5) is 4.39 Å². The maximum atomic E-state index is 13.8. The molecule has 9 heteroatoms. The number of hydrogen-bond donors (Lipinski definition) is 0. The van der Waals surface area contributed by atoms with Gasteiger partial charge in [-0.15, -0.1) is 0 Å². The molecular weight excluding hydrogens is 447 g/mol. The van der Waals surface area contributed by atoms with E-state index in [9.17, 15) is 12.8 Å². The van der Waals surface area contributed by atoms with Gasteiger partial charge in [-0.25, -0.2) is 12.8 Å². The molecule has 7 nitrogen and oxygen atoms in total. The van der Waals surface area contributed by atoms with Crippen molar-refractivity contribution >= 4 is 10.0 Å². The van der Waals surface area contributed by atoms with E-state index in [0.29, 0.717) is 35.8 Å². The van der Waals surface area contributed by atoms with Crippen molar-refractivity contribution in [2.24, 2.45) is 0 Å². The average Bonchev–Trinajstić information content (AvgIpc) is 3.33. The average molecular weight is 473 g/mol. The van der Waals surface area contributed by atoms with E-state index in [1.54, 1.807) is 42.7 Å². The Hall–Kier alpha value is -3.01. The predicted molar refractivity (Wildman–Crippen MR) is 120 cm³/mol. The molecule has 1 aliphatic heterocycles. The van der Waals surface area contributed by atoms with Crippen LogP contribution >= 0.6 is 0 Å². The Morgan fingerprint density at radius 3 is 2.64 bits per heavy atom. The second-order valence-electron chi connectivity index (χ2n) is 7.68. The van der Waals surface area contributed by atoms with Crippen molar-refractivity contribution in [1.82, 2.24) is 9.29 Å². The number of methoxy groups -OCH3 is 1. The minimum absolute atomic E-state index is 0.0415. The molecule has 1 saturated heterocycles. The normalized spacial score (nSPS) is 16.2. The third kappa shape index (κ3) is 5.68. The van der Waals surface area contributed by atoms with Gasteiger partial charge < -0.3 is 14.2 Å². The highest BCUT2D eigenvalue weighted by molar-refractivity contribution is 7.89. The molecule has 0 N–H and O–H groups in total. The zero-order chi connectivity index (χ0) is 23.3. The van der Waals surface area contributed by atoms with E-state index in [1.807, 2.05) is 0 Å². The Bertz CT molecular complexity index is 1180. The van der Waals surface area contributed by atoms with Gasteiger partial charge in [0.1, 0.15) is 11.9 Å². The molecule has 3 aromatic rings. The molecule has 174 valence electrons. The van der Waals surface area contributed by atoms with Crippen LogP contribution in [0.25, 0.3) is 0 Å². The Balaban J connectivity index is 1.63. The Morgan fingerprint density at radius 2 is 1.94 bits per heavy atom. The molecule has 0 saturated carbocycles. The van der Waals surface area contributed by atoms with Crippen molar-refractivity contribution in [1.29, 1.82) is 0 Å². The quantitative estimate of drug-likeness (QED) is 0.472. The van der Waals surface area contributed by atoms with Crippen molar-refractivity contribution in [3.8, 4) is 11.5 Å². The molecule has 0 spiro atoms. The van der Waals surface area contributed by atoms with E-state index in [2.05, 4.69) is 4.98 Å². The summed E-state index contributed by atoms with van der Waals surface area (Å²) >= 11 is 0. The molecule has 2 heterocycles. The van der Waals surface area contributed by atoms with E-state index in [1.165, 1.54) is 29.6 Å². The van der Waals surface area contributed by atoms with Crippen molar-refractivity contribution in [3.05, 3.63) is 83.9 Å². The number of aromatic nitrogens is 1. The SMILES string of the molecule is COc1cc(CN(Cc2cccnc2)S(=O)(=O)c2cccc(F)c2)ccc1O[C@@H]1CCOC1. The highest BCUT2D eigenvalue weighted by atomic mass is 32.2. The number of nitrogens with zero attached hydrogens (tertiary/aromatic N) is 2. The van der Waals surface area contributed by atoms with Crippen LogP contribution < -0.4 is 9.47 Å². The summed E-state index contributed by atoms with van der Waals surface area (Å²) < 4.78 is 58.7. The lowest BCUT2D eigenvalue weighted by Gasteiger charge is -2.23. The van der Waals surface area contributed by atoms with Crippen LogP contribution in [0.3, 0.4) is 0 Å². The smallest absolute Gasteiger partial charge is 0.243 e. The molecule has 4 rings (SSSR count). The first kappa shape index (κ1) is 23.2. The van der Waals surface area contributed by atoms with Gasteiger partial charge in [0, 0.05) is 31.9 Å². The molecule has 1 fully saturated rings. The lowest BCUT2D eigenvalue weighted by Crippen LogP contribution is -2.30. The summed E-state index contributed by atoms with van der Waals surface area (Å²) in [5.74, 6) is 0.462. The molecule has 0 unspecified atom stereocenters. The summed E-state index contributed by atoms with van der Waals surface area (Å²) in [4.78, 5) is 3.96. The highest BCUT2D eigenvalue weighted by Crippen LogP contribution is 2.31. The molecule has 0 aliphatic carbocycles. The van der Waals surface area contributed by atoms with Crippen molar-refractivity contribution in [2.75, 3.05) is 20.3 Å². The fraction of sp³-hybridized carbons (Fsp3) is 0.292. The highest BCUT2D eigenvalue weighted by Gasteiger charge is 2.26. The lowest BCUT2D eigenvalue weighted by molar-refractivity contribution is 0.138. The Kier molecular flexibility index (Phi) is 7.22. The summed E-state index contributed by atoms with van der Waals surface area (Å²) in [5, 5.41) is 0. The van der Waals surface area contributed by atoms with Crippen molar-refractivity contribution in [2.45, 2.75) is 30.5 Å². The predicted octanol–water partition coefficient (Wildman–Crippen LogP) is 3.79. The number of pyridine rings is 1. The molecule has 0 amide bonds. The largest absolute Gasteiger partial charge is 0.493 e. The number of hydrogen-bond acceptors (Lipinski definition) is 6. The number of rotatable bonds is 9. The molecule has 1 atom stereocenters. The third-order valence-electron chi connectivity index (χ3n) is 5.28. The van der Waals surface area contributed by atoms with Gasteiger partial charge >= 0.3 is 0 Å². The number of benzene rings is 2. The van der Waals surface area contributed by atoms with Crippen LogP contribution in [0.1, 0.15) is 17.5 Å². The van der Waals surface area contributed by atoms with Crippen LogP contribution in [0.5, 0.6) is 11.5 Å². The van der Waals surface area contributed by atoms with Gasteiger partial charge in [-0.3, -0.25) is 4.98 Å². The Labute approximate surface area is 192 Å². The molecule has 2 aromatic carbocycles. The van der Waals surface area contributed by atoms with Gasteiger partial charge in [0.25, 0.3) is 0 Å². The van der Waals surface area contributed by atoms with E-state index in [0.717, 1.165) is 12.5 Å². The van der Waals surface area contributed by atoms with Crippen LogP contribution in [0, 0.1) is 5.82 Å². The summed E-state index contributed by atoms with van der Waals surface area (Å²) in [6, 6.07) is 13.8. The Morgan fingerprint density at radius 1 is 1.09 bits per heavy atom. The van der Waals surface area contributed by atoms with Gasteiger partial charge in [-0.2, -0.15) is 4.31 Å². The zero-order valence-corrected chi connectivity index (χ0v) is 19.0. The first-order chi connectivity index (χ1) is 16.0. The summed E-state index contributed by atoms with van der Waals surface area (Å²) in [5.41, 5.74) is 1.41. The third-order valence-corrected chi connectivity index (χ3v) is 7.07. The van der Waals surface area contributed by atoms with Gasteiger partial charge in [-0.1, -0.05) is 18.2 Å². The molecule has 1 aromatic heterocycles. The summed E-state index contributed by atoms with van der Waals surface area (Å²) in [7, 11) is -2.46. The molecule has 0 bridgehead atoms. The lowest BCUT2D eigenvalue weighted by atomic mass is 10.2. The van der Waals surface area contributed by atoms with E-state index in [4.69, 9.17) is 14.2 Å².